The Labute approximate surface area is 159 Å². The molecular formula is C19H24N2O3S2. The van der Waals surface area contributed by atoms with Crippen LogP contribution in [0.25, 0.3) is 0 Å². The monoisotopic (exact) mass is 392 g/mol. The third-order valence-corrected chi connectivity index (χ3v) is 6.05. The Morgan fingerprint density at radius 1 is 1.12 bits per heavy atom. The highest BCUT2D eigenvalue weighted by Gasteiger charge is 2.28. The predicted molar refractivity (Wildman–Crippen MR) is 108 cm³/mol. The summed E-state index contributed by atoms with van der Waals surface area (Å²) in [6.45, 7) is 4.10. The zero-order chi connectivity index (χ0) is 19.2. The molecule has 0 spiro atoms. The topological polar surface area (TPSA) is 66.5 Å². The van der Waals surface area contributed by atoms with Crippen LogP contribution in [0.5, 0.6) is 0 Å². The van der Waals surface area contributed by atoms with Crippen LogP contribution in [0, 0.1) is 6.92 Å². The maximum atomic E-state index is 12.4. The number of anilines is 1. The van der Waals surface area contributed by atoms with Crippen LogP contribution in [-0.4, -0.2) is 38.9 Å². The van der Waals surface area contributed by atoms with Crippen molar-refractivity contribution in [2.75, 3.05) is 22.9 Å². The molecule has 0 bridgehead atoms. The fourth-order valence-electron chi connectivity index (χ4n) is 2.51. The third-order valence-electron chi connectivity index (χ3n) is 3.79. The van der Waals surface area contributed by atoms with Gasteiger partial charge in [0.15, 0.2) is 0 Å². The number of hydrogen-bond acceptors (Lipinski definition) is 4. The first-order valence-electron chi connectivity index (χ1n) is 8.30. The summed E-state index contributed by atoms with van der Waals surface area (Å²) >= 11 is 1.65. The average molecular weight is 393 g/mol. The fourth-order valence-corrected chi connectivity index (χ4v) is 4.45. The number of sulfonamides is 1. The van der Waals surface area contributed by atoms with E-state index in [1.54, 1.807) is 49.0 Å². The first-order valence-corrected chi connectivity index (χ1v) is 11.1. The molecule has 0 fully saturated rings. The van der Waals surface area contributed by atoms with Crippen molar-refractivity contribution in [3.8, 4) is 0 Å². The molecule has 0 heterocycles. The van der Waals surface area contributed by atoms with Gasteiger partial charge in [-0.1, -0.05) is 35.9 Å². The van der Waals surface area contributed by atoms with Gasteiger partial charge in [0, 0.05) is 17.2 Å². The summed E-state index contributed by atoms with van der Waals surface area (Å²) < 4.78 is 25.5. The second kappa shape index (κ2) is 9.09. The lowest BCUT2D eigenvalue weighted by molar-refractivity contribution is -0.121. The quantitative estimate of drug-likeness (QED) is 0.554. The molecule has 0 saturated heterocycles. The molecule has 7 heteroatoms. The van der Waals surface area contributed by atoms with E-state index >= 15 is 0 Å². The molecule has 0 saturated carbocycles. The van der Waals surface area contributed by atoms with E-state index in [1.165, 1.54) is 5.56 Å². The summed E-state index contributed by atoms with van der Waals surface area (Å²) in [5.41, 5.74) is 1.69. The number of aryl methyl sites for hydroxylation is 1. The Morgan fingerprint density at radius 2 is 1.73 bits per heavy atom. The number of carbonyl (C=O) groups is 1. The number of benzene rings is 2. The summed E-state index contributed by atoms with van der Waals surface area (Å²) in [6, 6.07) is 16.0. The van der Waals surface area contributed by atoms with E-state index in [0.717, 1.165) is 15.5 Å². The number of carbonyl (C=O) groups excluding carboxylic acids is 1. The van der Waals surface area contributed by atoms with Crippen molar-refractivity contribution in [1.82, 2.24) is 5.32 Å². The number of thioether (sulfide) groups is 1. The van der Waals surface area contributed by atoms with Crippen LogP contribution >= 0.6 is 11.8 Å². The normalized spacial score (nSPS) is 12.4. The van der Waals surface area contributed by atoms with E-state index in [4.69, 9.17) is 0 Å². The molecule has 5 nitrogen and oxygen atoms in total. The van der Waals surface area contributed by atoms with Gasteiger partial charge in [0.05, 0.1) is 11.9 Å². The summed E-state index contributed by atoms with van der Waals surface area (Å²) in [7, 11) is -3.57. The fraction of sp³-hybridized carbons (Fsp3) is 0.316. The maximum absolute atomic E-state index is 12.4. The van der Waals surface area contributed by atoms with Crippen molar-refractivity contribution in [1.29, 1.82) is 0 Å². The minimum Gasteiger partial charge on any atom is -0.353 e. The van der Waals surface area contributed by atoms with Gasteiger partial charge in [-0.25, -0.2) is 8.42 Å². The van der Waals surface area contributed by atoms with E-state index in [1.807, 2.05) is 31.2 Å². The molecule has 1 atom stereocenters. The zero-order valence-corrected chi connectivity index (χ0v) is 16.8. The Morgan fingerprint density at radius 3 is 2.31 bits per heavy atom. The Bertz CT molecular complexity index is 822. The van der Waals surface area contributed by atoms with Gasteiger partial charge in [-0.15, -0.1) is 11.8 Å². The van der Waals surface area contributed by atoms with Crippen molar-refractivity contribution in [2.45, 2.75) is 24.8 Å². The average Bonchev–Trinajstić information content (AvgIpc) is 2.60. The van der Waals surface area contributed by atoms with E-state index in [9.17, 15) is 13.2 Å². The van der Waals surface area contributed by atoms with Crippen LogP contribution in [0.1, 0.15) is 12.5 Å². The van der Waals surface area contributed by atoms with Gasteiger partial charge in [-0.2, -0.15) is 0 Å². The lowest BCUT2D eigenvalue weighted by Gasteiger charge is -2.28. The molecule has 1 N–H and O–H groups in total. The SMILES string of the molecule is Cc1ccc(SCCNC(=O)C(C)N(c2ccccc2)S(C)(=O)=O)cc1. The van der Waals surface area contributed by atoms with Gasteiger partial charge in [0.2, 0.25) is 15.9 Å². The van der Waals surface area contributed by atoms with Crippen LogP contribution in [-0.2, 0) is 14.8 Å². The van der Waals surface area contributed by atoms with E-state index in [0.29, 0.717) is 18.0 Å². The number of para-hydroxylation sites is 1. The van der Waals surface area contributed by atoms with Crippen molar-refractivity contribution in [3.05, 3.63) is 60.2 Å². The first-order chi connectivity index (χ1) is 12.3. The number of nitrogens with one attached hydrogen (secondary N) is 1. The summed E-state index contributed by atoms with van der Waals surface area (Å²) in [6.07, 6.45) is 1.11. The molecule has 0 radical (unpaired) electrons. The van der Waals surface area contributed by atoms with Crippen LogP contribution in [0.15, 0.2) is 59.5 Å². The molecule has 140 valence electrons. The van der Waals surface area contributed by atoms with Crippen LogP contribution < -0.4 is 9.62 Å². The molecule has 1 unspecified atom stereocenters. The van der Waals surface area contributed by atoms with Gasteiger partial charge in [-0.3, -0.25) is 9.10 Å². The molecule has 2 aromatic rings. The number of amides is 1. The third kappa shape index (κ3) is 5.78. The molecule has 2 aromatic carbocycles. The number of hydrogen-bond donors (Lipinski definition) is 1. The van der Waals surface area contributed by atoms with Crippen LogP contribution in [0.3, 0.4) is 0 Å². The Balaban J connectivity index is 1.93. The van der Waals surface area contributed by atoms with E-state index < -0.39 is 16.1 Å². The first kappa shape index (κ1) is 20.3. The summed E-state index contributed by atoms with van der Waals surface area (Å²) in [5.74, 6) is 0.398. The molecule has 0 aliphatic rings. The van der Waals surface area contributed by atoms with Crippen molar-refractivity contribution >= 4 is 33.4 Å². The van der Waals surface area contributed by atoms with Crippen LogP contribution in [0.4, 0.5) is 5.69 Å². The van der Waals surface area contributed by atoms with Crippen LogP contribution in [0.2, 0.25) is 0 Å². The lowest BCUT2D eigenvalue weighted by atomic mass is 10.2. The molecule has 0 aliphatic carbocycles. The predicted octanol–water partition coefficient (Wildman–Crippen LogP) is 3.06. The Kier molecular flexibility index (Phi) is 7.11. The molecular weight excluding hydrogens is 368 g/mol. The van der Waals surface area contributed by atoms with Crippen molar-refractivity contribution in [2.24, 2.45) is 0 Å². The minimum absolute atomic E-state index is 0.316. The highest BCUT2D eigenvalue weighted by atomic mass is 32.2. The molecule has 0 aliphatic heterocycles. The van der Waals surface area contributed by atoms with Gasteiger partial charge in [-0.05, 0) is 38.1 Å². The summed E-state index contributed by atoms with van der Waals surface area (Å²) in [5, 5.41) is 2.82. The van der Waals surface area contributed by atoms with Gasteiger partial charge >= 0.3 is 0 Å². The second-order valence-electron chi connectivity index (χ2n) is 6.02. The number of rotatable bonds is 8. The lowest BCUT2D eigenvalue weighted by Crippen LogP contribution is -2.48. The van der Waals surface area contributed by atoms with E-state index in [2.05, 4.69) is 5.32 Å². The summed E-state index contributed by atoms with van der Waals surface area (Å²) in [4.78, 5) is 13.6. The largest absolute Gasteiger partial charge is 0.353 e. The Hall–Kier alpha value is -1.99. The van der Waals surface area contributed by atoms with Gasteiger partial charge in [0.25, 0.3) is 0 Å². The smallest absolute Gasteiger partial charge is 0.243 e. The molecule has 2 rings (SSSR count). The standard InChI is InChI=1S/C19H24N2O3S2/c1-15-9-11-18(12-10-15)25-14-13-20-19(22)16(2)21(26(3,23)24)17-7-5-4-6-8-17/h4-12,16H,13-14H2,1-3H3,(H,20,22). The van der Waals surface area contributed by atoms with E-state index in [-0.39, 0.29) is 5.91 Å². The maximum Gasteiger partial charge on any atom is 0.243 e. The highest BCUT2D eigenvalue weighted by Crippen LogP contribution is 2.20. The molecule has 26 heavy (non-hydrogen) atoms. The zero-order valence-electron chi connectivity index (χ0n) is 15.2. The molecule has 1 amide bonds. The minimum atomic E-state index is -3.57. The van der Waals surface area contributed by atoms with Gasteiger partial charge in [0.1, 0.15) is 6.04 Å². The number of nitrogens with zero attached hydrogens (tertiary/aromatic N) is 1. The highest BCUT2D eigenvalue weighted by molar-refractivity contribution is 7.99. The second-order valence-corrected chi connectivity index (χ2v) is 9.05. The molecule has 0 aromatic heterocycles. The van der Waals surface area contributed by atoms with Gasteiger partial charge < -0.3 is 5.32 Å². The van der Waals surface area contributed by atoms with Crippen molar-refractivity contribution in [3.63, 3.8) is 0 Å². The van der Waals surface area contributed by atoms with Crippen molar-refractivity contribution < 1.29 is 13.2 Å².